The summed E-state index contributed by atoms with van der Waals surface area (Å²) >= 11 is 0. The van der Waals surface area contributed by atoms with Crippen molar-refractivity contribution in [2.24, 2.45) is 10.9 Å². The highest BCUT2D eigenvalue weighted by Crippen LogP contribution is 2.37. The number of phenolic OH excluding ortho intramolecular Hbond substituents is 1. The zero-order chi connectivity index (χ0) is 17.5. The van der Waals surface area contributed by atoms with E-state index in [4.69, 9.17) is 9.47 Å². The van der Waals surface area contributed by atoms with Crippen LogP contribution in [0.1, 0.15) is 38.2 Å². The zero-order valence-electron chi connectivity index (χ0n) is 15.5. The van der Waals surface area contributed by atoms with Crippen molar-refractivity contribution in [2.45, 2.75) is 45.2 Å². The molecule has 0 aliphatic heterocycles. The molecule has 2 rings (SSSR count). The maximum Gasteiger partial charge on any atom is 0.200 e. The van der Waals surface area contributed by atoms with Crippen LogP contribution in [0.15, 0.2) is 17.1 Å². The lowest BCUT2D eigenvalue weighted by Gasteiger charge is -2.28. The van der Waals surface area contributed by atoms with Gasteiger partial charge in [-0.1, -0.05) is 19.8 Å². The van der Waals surface area contributed by atoms with Crippen molar-refractivity contribution < 1.29 is 14.6 Å². The molecule has 1 aromatic rings. The van der Waals surface area contributed by atoms with Gasteiger partial charge < -0.3 is 25.2 Å². The van der Waals surface area contributed by atoms with E-state index in [2.05, 4.69) is 22.5 Å². The van der Waals surface area contributed by atoms with Crippen LogP contribution in [0, 0.1) is 5.92 Å². The minimum atomic E-state index is 0. The number of nitrogens with zero attached hydrogens (tertiary/aromatic N) is 1. The van der Waals surface area contributed by atoms with Crippen LogP contribution < -0.4 is 20.1 Å². The Morgan fingerprint density at radius 2 is 1.88 bits per heavy atom. The number of aliphatic imine (C=N–C) groups is 1. The third-order valence-electron chi connectivity index (χ3n) is 4.50. The highest BCUT2D eigenvalue weighted by Gasteiger charge is 2.19. The Labute approximate surface area is 167 Å². The average molecular weight is 463 g/mol. The molecule has 0 amide bonds. The van der Waals surface area contributed by atoms with Gasteiger partial charge in [0.15, 0.2) is 17.5 Å². The molecule has 0 saturated heterocycles. The molecule has 0 aromatic heterocycles. The second kappa shape index (κ2) is 10.6. The number of guanidine groups is 1. The number of phenols is 1. The minimum Gasteiger partial charge on any atom is -0.502 e. The van der Waals surface area contributed by atoms with Gasteiger partial charge in [-0.15, -0.1) is 24.0 Å². The van der Waals surface area contributed by atoms with Crippen molar-refractivity contribution in [3.63, 3.8) is 0 Å². The first kappa shape index (κ1) is 21.7. The van der Waals surface area contributed by atoms with Crippen molar-refractivity contribution in [2.75, 3.05) is 21.3 Å². The average Bonchev–Trinajstić information content (AvgIpc) is 2.59. The molecule has 2 atom stereocenters. The molecule has 0 heterocycles. The second-order valence-corrected chi connectivity index (χ2v) is 6.39. The maximum atomic E-state index is 9.97. The molecule has 25 heavy (non-hydrogen) atoms. The molecule has 3 N–H and O–H groups in total. The lowest BCUT2D eigenvalue weighted by Crippen LogP contribution is -2.44. The highest BCUT2D eigenvalue weighted by atomic mass is 127. The van der Waals surface area contributed by atoms with Gasteiger partial charge in [0.2, 0.25) is 5.75 Å². The van der Waals surface area contributed by atoms with Crippen molar-refractivity contribution in [1.82, 2.24) is 10.6 Å². The second-order valence-electron chi connectivity index (χ2n) is 6.39. The molecular weight excluding hydrogens is 433 g/mol. The van der Waals surface area contributed by atoms with E-state index in [0.717, 1.165) is 17.4 Å². The molecule has 2 unspecified atom stereocenters. The number of halogens is 1. The summed E-state index contributed by atoms with van der Waals surface area (Å²) in [5.41, 5.74) is 0.946. The molecular formula is C18H30IN3O3. The number of ether oxygens (including phenoxy) is 2. The topological polar surface area (TPSA) is 75.1 Å². The summed E-state index contributed by atoms with van der Waals surface area (Å²) in [5.74, 6) is 2.37. The number of aromatic hydroxyl groups is 1. The fourth-order valence-electron chi connectivity index (χ4n) is 3.19. The third kappa shape index (κ3) is 6.13. The van der Waals surface area contributed by atoms with Crippen LogP contribution in [0.5, 0.6) is 17.2 Å². The summed E-state index contributed by atoms with van der Waals surface area (Å²) in [6, 6.07) is 4.06. The van der Waals surface area contributed by atoms with Crippen LogP contribution in [0.25, 0.3) is 0 Å². The highest BCUT2D eigenvalue weighted by molar-refractivity contribution is 14.0. The van der Waals surface area contributed by atoms with Crippen LogP contribution in [-0.2, 0) is 6.54 Å². The van der Waals surface area contributed by atoms with Gasteiger partial charge in [0.1, 0.15) is 0 Å². The van der Waals surface area contributed by atoms with Gasteiger partial charge >= 0.3 is 0 Å². The number of methoxy groups -OCH3 is 2. The van der Waals surface area contributed by atoms with Crippen LogP contribution in [0.2, 0.25) is 0 Å². The lowest BCUT2D eigenvalue weighted by molar-refractivity contribution is 0.324. The smallest absolute Gasteiger partial charge is 0.200 e. The van der Waals surface area contributed by atoms with Crippen molar-refractivity contribution in [1.29, 1.82) is 0 Å². The van der Waals surface area contributed by atoms with Crippen LogP contribution in [-0.4, -0.2) is 38.4 Å². The molecule has 1 aliphatic rings. The largest absolute Gasteiger partial charge is 0.502 e. The molecule has 1 fully saturated rings. The van der Waals surface area contributed by atoms with Crippen LogP contribution >= 0.6 is 24.0 Å². The normalized spacial score (nSPS) is 20.4. The minimum absolute atomic E-state index is 0. The van der Waals surface area contributed by atoms with Crippen LogP contribution in [0.4, 0.5) is 0 Å². The Kier molecular flexibility index (Phi) is 9.16. The molecule has 1 saturated carbocycles. The lowest BCUT2D eigenvalue weighted by atomic mass is 9.87. The van der Waals surface area contributed by atoms with Gasteiger partial charge in [-0.05, 0) is 36.5 Å². The van der Waals surface area contributed by atoms with Crippen molar-refractivity contribution >= 4 is 29.9 Å². The Balaban J connectivity index is 0.00000312. The van der Waals surface area contributed by atoms with Gasteiger partial charge in [0, 0.05) is 19.6 Å². The maximum absolute atomic E-state index is 9.97. The summed E-state index contributed by atoms with van der Waals surface area (Å²) in [7, 11) is 4.83. The van der Waals surface area contributed by atoms with Crippen LogP contribution in [0.3, 0.4) is 0 Å². The number of hydrogen-bond donors (Lipinski definition) is 3. The molecule has 0 radical (unpaired) electrons. The van der Waals surface area contributed by atoms with E-state index >= 15 is 0 Å². The fourth-order valence-corrected chi connectivity index (χ4v) is 3.19. The molecule has 0 spiro atoms. The molecule has 6 nitrogen and oxygen atoms in total. The first-order chi connectivity index (χ1) is 11.6. The molecule has 1 aromatic carbocycles. The standard InChI is InChI=1S/C18H29N3O3.HI/c1-12-6-5-7-14(8-12)21-18(19-2)20-11-13-9-15(23-3)17(22)16(10-13)24-4;/h9-10,12,14,22H,5-8,11H2,1-4H3,(H2,19,20,21);1H. The van der Waals surface area contributed by atoms with Gasteiger partial charge in [-0.3, -0.25) is 4.99 Å². The summed E-state index contributed by atoms with van der Waals surface area (Å²) in [6.07, 6.45) is 4.95. The van der Waals surface area contributed by atoms with E-state index in [0.29, 0.717) is 24.1 Å². The SMILES string of the molecule is CN=C(NCc1cc(OC)c(O)c(OC)c1)NC1CCCC(C)C1.I. The number of rotatable bonds is 5. The van der Waals surface area contributed by atoms with Crippen molar-refractivity contribution in [3.8, 4) is 17.2 Å². The van der Waals surface area contributed by atoms with Gasteiger partial charge in [0.25, 0.3) is 0 Å². The summed E-state index contributed by atoms with van der Waals surface area (Å²) in [6.45, 7) is 2.87. The van der Waals surface area contributed by atoms with E-state index in [1.54, 1.807) is 19.2 Å². The van der Waals surface area contributed by atoms with Crippen molar-refractivity contribution in [3.05, 3.63) is 17.7 Å². The van der Waals surface area contributed by atoms with E-state index in [1.807, 2.05) is 0 Å². The Hall–Kier alpha value is -1.38. The van der Waals surface area contributed by atoms with Gasteiger partial charge in [0.05, 0.1) is 14.2 Å². The molecule has 1 aliphatic carbocycles. The van der Waals surface area contributed by atoms with Gasteiger partial charge in [-0.25, -0.2) is 0 Å². The monoisotopic (exact) mass is 463 g/mol. The molecule has 142 valence electrons. The summed E-state index contributed by atoms with van der Waals surface area (Å²) < 4.78 is 10.4. The first-order valence-electron chi connectivity index (χ1n) is 8.48. The van der Waals surface area contributed by atoms with E-state index in [1.165, 1.54) is 39.9 Å². The third-order valence-corrected chi connectivity index (χ3v) is 4.50. The van der Waals surface area contributed by atoms with E-state index in [9.17, 15) is 5.11 Å². The number of hydrogen-bond acceptors (Lipinski definition) is 4. The number of nitrogens with one attached hydrogen (secondary N) is 2. The quantitative estimate of drug-likeness (QED) is 0.355. The van der Waals surface area contributed by atoms with E-state index < -0.39 is 0 Å². The Morgan fingerprint density at radius 1 is 1.24 bits per heavy atom. The predicted octanol–water partition coefficient (Wildman–Crippen LogP) is 3.27. The number of benzene rings is 1. The molecule has 7 heteroatoms. The van der Waals surface area contributed by atoms with E-state index in [-0.39, 0.29) is 29.7 Å². The Morgan fingerprint density at radius 3 is 2.40 bits per heavy atom. The Bertz CT molecular complexity index is 556. The first-order valence-corrected chi connectivity index (χ1v) is 8.48. The summed E-state index contributed by atoms with van der Waals surface area (Å²) in [4.78, 5) is 4.31. The van der Waals surface area contributed by atoms with Gasteiger partial charge in [-0.2, -0.15) is 0 Å². The summed E-state index contributed by atoms with van der Waals surface area (Å²) in [5, 5.41) is 16.8. The predicted molar refractivity (Wildman–Crippen MR) is 111 cm³/mol. The molecule has 0 bridgehead atoms. The zero-order valence-corrected chi connectivity index (χ0v) is 17.8. The fraction of sp³-hybridized carbons (Fsp3) is 0.611.